The van der Waals surface area contributed by atoms with Crippen molar-refractivity contribution in [2.24, 2.45) is 10.2 Å². The van der Waals surface area contributed by atoms with E-state index in [1.807, 2.05) is 60.7 Å². The third kappa shape index (κ3) is 4.37. The average Bonchev–Trinajstić information content (AvgIpc) is 2.74. The van der Waals surface area contributed by atoms with Crippen LogP contribution in [0.3, 0.4) is 0 Å². The Bertz CT molecular complexity index is 1200. The molecule has 0 heterocycles. The summed E-state index contributed by atoms with van der Waals surface area (Å²) in [4.78, 5) is 0. The molecule has 0 saturated carbocycles. The van der Waals surface area contributed by atoms with Gasteiger partial charge in [0.15, 0.2) is 0 Å². The van der Waals surface area contributed by atoms with Gasteiger partial charge in [-0.25, -0.2) is 0 Å². The van der Waals surface area contributed by atoms with Crippen molar-refractivity contribution in [1.29, 1.82) is 0 Å². The lowest BCUT2D eigenvalue weighted by Gasteiger charge is -2.05. The van der Waals surface area contributed by atoms with Gasteiger partial charge in [0.05, 0.1) is 12.4 Å². The first-order valence-corrected chi connectivity index (χ1v) is 9.56. The van der Waals surface area contributed by atoms with Gasteiger partial charge in [-0.05, 0) is 58.0 Å². The second-order valence-electron chi connectivity index (χ2n) is 6.59. The molecule has 0 aliphatic heterocycles. The zero-order valence-corrected chi connectivity index (χ0v) is 16.6. The molecule has 0 aliphatic carbocycles. The first kappa shape index (κ1) is 19.4. The van der Waals surface area contributed by atoms with Gasteiger partial charge in [-0.15, -0.1) is 0 Å². The number of phenols is 2. The summed E-state index contributed by atoms with van der Waals surface area (Å²) in [6, 6.07) is 22.5. The van der Waals surface area contributed by atoms with Gasteiger partial charge in [0.25, 0.3) is 0 Å². The van der Waals surface area contributed by atoms with E-state index >= 15 is 0 Å². The Labute approximate surface area is 178 Å². The molecule has 6 nitrogen and oxygen atoms in total. The van der Waals surface area contributed by atoms with E-state index in [0.29, 0.717) is 11.1 Å². The van der Waals surface area contributed by atoms with Crippen LogP contribution in [0.5, 0.6) is 11.5 Å². The number of rotatable bonds is 4. The van der Waals surface area contributed by atoms with Crippen molar-refractivity contribution in [2.45, 2.75) is 0 Å². The Hall–Kier alpha value is -3.97. The number of aromatic hydroxyl groups is 2. The van der Waals surface area contributed by atoms with Crippen LogP contribution < -0.4 is 10.9 Å². The maximum Gasteiger partial charge on any atom is 0.207 e. The van der Waals surface area contributed by atoms with Crippen LogP contribution in [0.2, 0.25) is 0 Å². The van der Waals surface area contributed by atoms with E-state index in [-0.39, 0.29) is 16.6 Å². The quantitative estimate of drug-likeness (QED) is 0.228. The highest BCUT2D eigenvalue weighted by Crippen LogP contribution is 2.24. The highest BCUT2D eigenvalue weighted by molar-refractivity contribution is 7.80. The van der Waals surface area contributed by atoms with Crippen LogP contribution in [0.1, 0.15) is 11.1 Å². The first-order valence-electron chi connectivity index (χ1n) is 9.16. The van der Waals surface area contributed by atoms with Crippen LogP contribution in [0, 0.1) is 0 Å². The monoisotopic (exact) mass is 414 g/mol. The fourth-order valence-electron chi connectivity index (χ4n) is 3.04. The average molecular weight is 414 g/mol. The van der Waals surface area contributed by atoms with Crippen LogP contribution in [0.15, 0.2) is 83.0 Å². The van der Waals surface area contributed by atoms with Gasteiger partial charge in [0.1, 0.15) is 11.5 Å². The fourth-order valence-corrected chi connectivity index (χ4v) is 3.15. The van der Waals surface area contributed by atoms with Crippen molar-refractivity contribution in [3.05, 3.63) is 83.9 Å². The van der Waals surface area contributed by atoms with Gasteiger partial charge >= 0.3 is 0 Å². The summed E-state index contributed by atoms with van der Waals surface area (Å²) < 4.78 is 0. The minimum absolute atomic E-state index is 0.128. The molecule has 0 atom stereocenters. The molecule has 0 aliphatic rings. The molecule has 0 spiro atoms. The number of fused-ring (bicyclic) bond motifs is 2. The maximum atomic E-state index is 10.1. The number of nitrogens with one attached hydrogen (secondary N) is 2. The summed E-state index contributed by atoms with van der Waals surface area (Å²) in [5.41, 5.74) is 6.41. The fraction of sp³-hybridized carbons (Fsp3) is 0. The predicted molar refractivity (Wildman–Crippen MR) is 125 cm³/mol. The van der Waals surface area contributed by atoms with Crippen LogP contribution in [-0.2, 0) is 0 Å². The van der Waals surface area contributed by atoms with E-state index in [1.54, 1.807) is 12.1 Å². The molecule has 0 bridgehead atoms. The van der Waals surface area contributed by atoms with Gasteiger partial charge in [0, 0.05) is 11.1 Å². The summed E-state index contributed by atoms with van der Waals surface area (Å²) >= 11 is 5.13. The van der Waals surface area contributed by atoms with Crippen LogP contribution in [-0.4, -0.2) is 27.8 Å². The number of hydrogen-bond donors (Lipinski definition) is 4. The Morgan fingerprint density at radius 1 is 0.667 bits per heavy atom. The molecule has 0 aromatic heterocycles. The minimum Gasteiger partial charge on any atom is -0.507 e. The van der Waals surface area contributed by atoms with Crippen LogP contribution in [0.25, 0.3) is 21.5 Å². The molecule has 0 fully saturated rings. The molecule has 4 rings (SSSR count). The highest BCUT2D eigenvalue weighted by Gasteiger charge is 2.03. The molecule has 0 saturated heterocycles. The van der Waals surface area contributed by atoms with Crippen LogP contribution >= 0.6 is 12.2 Å². The topological polar surface area (TPSA) is 89.2 Å². The second-order valence-corrected chi connectivity index (χ2v) is 6.99. The number of thiocarbonyl (C=S) groups is 1. The maximum absolute atomic E-state index is 10.1. The summed E-state index contributed by atoms with van der Waals surface area (Å²) in [6.07, 6.45) is 2.96. The predicted octanol–water partition coefficient (Wildman–Crippen LogP) is 4.24. The number of benzene rings is 4. The highest BCUT2D eigenvalue weighted by atomic mass is 32.1. The lowest BCUT2D eigenvalue weighted by Crippen LogP contribution is -2.28. The minimum atomic E-state index is 0.128. The summed E-state index contributed by atoms with van der Waals surface area (Å²) in [7, 11) is 0. The Morgan fingerprint density at radius 2 is 1.03 bits per heavy atom. The first-order chi connectivity index (χ1) is 14.6. The van der Waals surface area contributed by atoms with E-state index in [1.165, 1.54) is 12.4 Å². The molecule has 7 heteroatoms. The number of hydrogen-bond acceptors (Lipinski definition) is 5. The zero-order valence-electron chi connectivity index (χ0n) is 15.8. The van der Waals surface area contributed by atoms with Crippen molar-refractivity contribution in [2.75, 3.05) is 0 Å². The van der Waals surface area contributed by atoms with Gasteiger partial charge in [-0.1, -0.05) is 48.5 Å². The Balaban J connectivity index is 1.38. The second kappa shape index (κ2) is 8.59. The van der Waals surface area contributed by atoms with Crippen LogP contribution in [0.4, 0.5) is 0 Å². The Kier molecular flexibility index (Phi) is 5.54. The smallest absolute Gasteiger partial charge is 0.207 e. The molecule has 0 unspecified atom stereocenters. The van der Waals surface area contributed by atoms with Gasteiger partial charge in [-0.2, -0.15) is 10.2 Å². The molecule has 148 valence electrons. The van der Waals surface area contributed by atoms with Crippen molar-refractivity contribution >= 4 is 51.3 Å². The summed E-state index contributed by atoms with van der Waals surface area (Å²) in [6.45, 7) is 0. The largest absolute Gasteiger partial charge is 0.507 e. The zero-order chi connectivity index (χ0) is 20.9. The normalized spacial score (nSPS) is 11.5. The lowest BCUT2D eigenvalue weighted by atomic mass is 10.1. The van der Waals surface area contributed by atoms with E-state index in [9.17, 15) is 10.2 Å². The van der Waals surface area contributed by atoms with E-state index < -0.39 is 0 Å². The Morgan fingerprint density at radius 3 is 1.43 bits per heavy atom. The molecular weight excluding hydrogens is 396 g/mol. The van der Waals surface area contributed by atoms with Crippen molar-refractivity contribution in [3.63, 3.8) is 0 Å². The molecule has 0 radical (unpaired) electrons. The third-order valence-corrected chi connectivity index (χ3v) is 4.71. The number of hydrazone groups is 2. The van der Waals surface area contributed by atoms with Gasteiger partial charge in [0.2, 0.25) is 5.11 Å². The van der Waals surface area contributed by atoms with Gasteiger partial charge in [-0.3, -0.25) is 10.9 Å². The van der Waals surface area contributed by atoms with E-state index in [4.69, 9.17) is 12.2 Å². The summed E-state index contributed by atoms with van der Waals surface area (Å²) in [5.74, 6) is 0.255. The standard InChI is InChI=1S/C23H18N4O2S/c28-21-11-17-7-3-1-5-15(17)9-19(21)13-24-26-23(30)27-25-14-20-10-16-6-2-4-8-18(16)12-22(20)29/h1-14,28-29H,(H2,26,27,30)/b24-13+,25-14+. The number of nitrogens with zero attached hydrogens (tertiary/aromatic N) is 2. The molecule has 0 amide bonds. The number of phenolic OH excluding ortho intramolecular Hbond substituents is 2. The van der Waals surface area contributed by atoms with Crippen molar-refractivity contribution in [3.8, 4) is 11.5 Å². The van der Waals surface area contributed by atoms with E-state index in [2.05, 4.69) is 21.1 Å². The van der Waals surface area contributed by atoms with Crippen molar-refractivity contribution in [1.82, 2.24) is 10.9 Å². The lowest BCUT2D eigenvalue weighted by molar-refractivity contribution is 0.475. The molecule has 30 heavy (non-hydrogen) atoms. The third-order valence-electron chi connectivity index (χ3n) is 4.53. The molecular formula is C23H18N4O2S. The molecule has 4 aromatic rings. The van der Waals surface area contributed by atoms with Crippen molar-refractivity contribution < 1.29 is 10.2 Å². The molecule has 4 N–H and O–H groups in total. The SMILES string of the molecule is Oc1cc2ccccc2cc1/C=N/NC(=S)N/N=C/c1cc2ccccc2cc1O. The van der Waals surface area contributed by atoms with E-state index in [0.717, 1.165) is 21.5 Å². The van der Waals surface area contributed by atoms with Gasteiger partial charge < -0.3 is 10.2 Å². The summed E-state index contributed by atoms with van der Waals surface area (Å²) in [5, 5.41) is 32.4. The molecule has 4 aromatic carbocycles.